The van der Waals surface area contributed by atoms with Crippen molar-refractivity contribution >= 4 is 34.8 Å². The van der Waals surface area contributed by atoms with Gasteiger partial charge >= 0.3 is 0 Å². The zero-order valence-corrected chi connectivity index (χ0v) is 14.6. The molecule has 1 saturated heterocycles. The van der Waals surface area contributed by atoms with E-state index in [1.807, 2.05) is 47.4 Å². The summed E-state index contributed by atoms with van der Waals surface area (Å²) in [7, 11) is 0. The summed E-state index contributed by atoms with van der Waals surface area (Å²) < 4.78 is 0. The first kappa shape index (κ1) is 15.8. The second-order valence-corrected chi connectivity index (χ2v) is 7.30. The Labute approximate surface area is 151 Å². The summed E-state index contributed by atoms with van der Waals surface area (Å²) in [6.07, 6.45) is 2.41. The molecule has 3 nitrogen and oxygen atoms in total. The Morgan fingerprint density at radius 1 is 1.04 bits per heavy atom. The van der Waals surface area contributed by atoms with Crippen LogP contribution in [0.5, 0.6) is 0 Å². The SMILES string of the molecule is O=C1CCCN1C1CC(c2ccc(Cl)cc2)Nc2ccc(Cl)cc21. The molecule has 0 radical (unpaired) electrons. The minimum Gasteiger partial charge on any atom is -0.378 e. The van der Waals surface area contributed by atoms with Gasteiger partial charge in [0.05, 0.1) is 12.1 Å². The third kappa shape index (κ3) is 2.87. The number of fused-ring (bicyclic) bond motifs is 1. The van der Waals surface area contributed by atoms with E-state index in [2.05, 4.69) is 5.32 Å². The van der Waals surface area contributed by atoms with E-state index in [1.165, 1.54) is 5.56 Å². The largest absolute Gasteiger partial charge is 0.378 e. The molecule has 2 aromatic carbocycles. The smallest absolute Gasteiger partial charge is 0.223 e. The lowest BCUT2D eigenvalue weighted by Crippen LogP contribution is -2.35. The van der Waals surface area contributed by atoms with Crippen molar-refractivity contribution in [1.82, 2.24) is 4.90 Å². The van der Waals surface area contributed by atoms with Crippen LogP contribution in [0, 0.1) is 0 Å². The van der Waals surface area contributed by atoms with Gasteiger partial charge in [0.25, 0.3) is 0 Å². The number of likely N-dealkylation sites (tertiary alicyclic amines) is 1. The number of carbonyl (C=O) groups is 1. The van der Waals surface area contributed by atoms with Crippen molar-refractivity contribution in [3.63, 3.8) is 0 Å². The van der Waals surface area contributed by atoms with Crippen LogP contribution in [0.3, 0.4) is 0 Å². The van der Waals surface area contributed by atoms with E-state index in [0.29, 0.717) is 11.4 Å². The lowest BCUT2D eigenvalue weighted by molar-refractivity contribution is -0.130. The third-order valence-corrected chi connectivity index (χ3v) is 5.41. The van der Waals surface area contributed by atoms with E-state index in [1.54, 1.807) is 0 Å². The van der Waals surface area contributed by atoms with Crippen molar-refractivity contribution in [3.8, 4) is 0 Å². The molecule has 2 aliphatic rings. The van der Waals surface area contributed by atoms with E-state index in [0.717, 1.165) is 35.7 Å². The Morgan fingerprint density at radius 3 is 2.50 bits per heavy atom. The van der Waals surface area contributed by atoms with E-state index >= 15 is 0 Å². The van der Waals surface area contributed by atoms with E-state index in [9.17, 15) is 4.79 Å². The topological polar surface area (TPSA) is 32.3 Å². The molecular formula is C19H18Cl2N2O. The third-order valence-electron chi connectivity index (χ3n) is 4.92. The average molecular weight is 361 g/mol. The van der Waals surface area contributed by atoms with Crippen LogP contribution in [0.25, 0.3) is 0 Å². The van der Waals surface area contributed by atoms with Crippen molar-refractivity contribution in [2.45, 2.75) is 31.3 Å². The van der Waals surface area contributed by atoms with Crippen LogP contribution in [-0.2, 0) is 4.79 Å². The summed E-state index contributed by atoms with van der Waals surface area (Å²) in [6.45, 7) is 0.822. The van der Waals surface area contributed by atoms with Gasteiger partial charge in [-0.3, -0.25) is 4.79 Å². The number of halogens is 2. The number of amides is 1. The van der Waals surface area contributed by atoms with Gasteiger partial charge in [0.1, 0.15) is 0 Å². The van der Waals surface area contributed by atoms with Crippen molar-refractivity contribution in [1.29, 1.82) is 0 Å². The maximum atomic E-state index is 12.3. The minimum atomic E-state index is 0.0654. The lowest BCUT2D eigenvalue weighted by atomic mass is 9.88. The number of nitrogens with one attached hydrogen (secondary N) is 1. The molecule has 2 heterocycles. The van der Waals surface area contributed by atoms with Crippen molar-refractivity contribution < 1.29 is 4.79 Å². The summed E-state index contributed by atoms with van der Waals surface area (Å²) in [6, 6.07) is 14.0. The summed E-state index contributed by atoms with van der Waals surface area (Å²) in [4.78, 5) is 14.3. The number of hydrogen-bond donors (Lipinski definition) is 1. The van der Waals surface area contributed by atoms with Gasteiger partial charge in [0.15, 0.2) is 0 Å². The zero-order chi connectivity index (χ0) is 16.7. The summed E-state index contributed by atoms with van der Waals surface area (Å²) in [5.41, 5.74) is 3.34. The highest BCUT2D eigenvalue weighted by molar-refractivity contribution is 6.31. The number of hydrogen-bond acceptors (Lipinski definition) is 2. The molecule has 2 aromatic rings. The Kier molecular flexibility index (Phi) is 4.15. The van der Waals surface area contributed by atoms with Gasteiger partial charge in [-0.25, -0.2) is 0 Å². The first-order valence-corrected chi connectivity index (χ1v) is 8.98. The maximum Gasteiger partial charge on any atom is 0.223 e. The van der Waals surface area contributed by atoms with Crippen LogP contribution in [-0.4, -0.2) is 17.4 Å². The molecule has 0 spiro atoms. The maximum absolute atomic E-state index is 12.3. The quantitative estimate of drug-likeness (QED) is 0.796. The zero-order valence-electron chi connectivity index (χ0n) is 13.1. The molecule has 1 N–H and O–H groups in total. The molecule has 0 aromatic heterocycles. The first-order chi connectivity index (χ1) is 11.6. The molecule has 1 fully saturated rings. The molecule has 2 aliphatic heterocycles. The van der Waals surface area contributed by atoms with E-state index < -0.39 is 0 Å². The lowest BCUT2D eigenvalue weighted by Gasteiger charge is -2.38. The molecule has 0 saturated carbocycles. The molecule has 1 amide bonds. The van der Waals surface area contributed by atoms with Gasteiger partial charge < -0.3 is 10.2 Å². The van der Waals surface area contributed by atoms with Gasteiger partial charge in [-0.15, -0.1) is 0 Å². The molecule has 0 aliphatic carbocycles. The predicted molar refractivity (Wildman–Crippen MR) is 97.6 cm³/mol. The van der Waals surface area contributed by atoms with Gasteiger partial charge in [0, 0.05) is 28.7 Å². The number of anilines is 1. The van der Waals surface area contributed by atoms with Gasteiger partial charge in [0.2, 0.25) is 5.91 Å². The van der Waals surface area contributed by atoms with Crippen LogP contribution >= 0.6 is 23.2 Å². The van der Waals surface area contributed by atoms with E-state index in [4.69, 9.17) is 23.2 Å². The molecule has 24 heavy (non-hydrogen) atoms. The summed E-state index contributed by atoms with van der Waals surface area (Å²) in [5.74, 6) is 0.239. The second-order valence-electron chi connectivity index (χ2n) is 6.42. The highest BCUT2D eigenvalue weighted by Gasteiger charge is 2.35. The number of rotatable bonds is 2. The monoisotopic (exact) mass is 360 g/mol. The number of carbonyl (C=O) groups excluding carboxylic acids is 1. The molecule has 2 atom stereocenters. The fourth-order valence-corrected chi connectivity index (χ4v) is 4.05. The van der Waals surface area contributed by atoms with Crippen LogP contribution < -0.4 is 5.32 Å². The molecule has 4 rings (SSSR count). The van der Waals surface area contributed by atoms with Crippen LogP contribution in [0.4, 0.5) is 5.69 Å². The highest BCUT2D eigenvalue weighted by Crippen LogP contribution is 2.44. The highest BCUT2D eigenvalue weighted by atomic mass is 35.5. The standard InChI is InChI=1S/C19H18Cl2N2O/c20-13-5-3-12(4-6-13)17-11-18(23-9-1-2-19(23)24)15-10-14(21)7-8-16(15)22-17/h3-8,10,17-18,22H,1-2,9,11H2. The van der Waals surface area contributed by atoms with Gasteiger partial charge in [-0.1, -0.05) is 35.3 Å². The molecule has 124 valence electrons. The fourth-order valence-electron chi connectivity index (χ4n) is 3.75. The Balaban J connectivity index is 1.73. The van der Waals surface area contributed by atoms with Crippen molar-refractivity contribution in [2.75, 3.05) is 11.9 Å². The van der Waals surface area contributed by atoms with Crippen molar-refractivity contribution in [3.05, 3.63) is 63.6 Å². The van der Waals surface area contributed by atoms with Crippen LogP contribution in [0.1, 0.15) is 42.5 Å². The summed E-state index contributed by atoms with van der Waals surface area (Å²) in [5, 5.41) is 5.02. The normalized spacial score (nSPS) is 23.1. The van der Waals surface area contributed by atoms with Gasteiger partial charge in [-0.05, 0) is 54.3 Å². The minimum absolute atomic E-state index is 0.0654. The molecular weight excluding hydrogens is 343 g/mol. The Bertz CT molecular complexity index is 775. The van der Waals surface area contributed by atoms with Gasteiger partial charge in [-0.2, -0.15) is 0 Å². The van der Waals surface area contributed by atoms with Crippen LogP contribution in [0.15, 0.2) is 42.5 Å². The molecule has 2 unspecified atom stereocenters. The first-order valence-electron chi connectivity index (χ1n) is 8.23. The Morgan fingerprint density at radius 2 is 1.79 bits per heavy atom. The number of benzene rings is 2. The van der Waals surface area contributed by atoms with Crippen molar-refractivity contribution in [2.24, 2.45) is 0 Å². The average Bonchev–Trinajstić information content (AvgIpc) is 3.00. The summed E-state index contributed by atoms with van der Waals surface area (Å²) >= 11 is 12.2. The van der Waals surface area contributed by atoms with E-state index in [-0.39, 0.29) is 18.0 Å². The molecule has 5 heteroatoms. The fraction of sp³-hybridized carbons (Fsp3) is 0.316. The van der Waals surface area contributed by atoms with Crippen LogP contribution in [0.2, 0.25) is 10.0 Å². The number of nitrogens with zero attached hydrogens (tertiary/aromatic N) is 1. The predicted octanol–water partition coefficient (Wildman–Crippen LogP) is 5.21. The molecule has 0 bridgehead atoms. The second kappa shape index (κ2) is 6.30. The Hall–Kier alpha value is -1.71.